The van der Waals surface area contributed by atoms with Crippen molar-refractivity contribution in [1.29, 1.82) is 0 Å². The lowest BCUT2D eigenvalue weighted by Gasteiger charge is -2.25. The molecule has 1 fully saturated rings. The van der Waals surface area contributed by atoms with Gasteiger partial charge in [-0.05, 0) is 38.3 Å². The first-order chi connectivity index (χ1) is 8.81. The summed E-state index contributed by atoms with van der Waals surface area (Å²) in [7, 11) is 0. The normalized spacial score (nSPS) is 22.7. The van der Waals surface area contributed by atoms with E-state index in [1.165, 1.54) is 6.42 Å². The predicted molar refractivity (Wildman–Crippen MR) is 71.2 cm³/mol. The molecule has 0 unspecified atom stereocenters. The van der Waals surface area contributed by atoms with Gasteiger partial charge >= 0.3 is 0 Å². The van der Waals surface area contributed by atoms with Gasteiger partial charge in [0.25, 0.3) is 0 Å². The molecular weight excluding hydrogens is 226 g/mol. The first-order valence-corrected chi connectivity index (χ1v) is 6.45. The smallest absolute Gasteiger partial charge is 0.107 e. The highest BCUT2D eigenvalue weighted by atomic mass is 16.4. The molecule has 94 valence electrons. The highest BCUT2D eigenvalue weighted by Crippen LogP contribution is 2.30. The van der Waals surface area contributed by atoms with Crippen LogP contribution in [0.5, 0.6) is 0 Å². The molecule has 4 heteroatoms. The Hall–Kier alpha value is -1.84. The maximum absolute atomic E-state index is 9.18. The van der Waals surface area contributed by atoms with Gasteiger partial charge in [0.2, 0.25) is 0 Å². The molecule has 0 bridgehead atoms. The average molecular weight is 243 g/mol. The number of hydrogen-bond donors (Lipinski definition) is 1. The van der Waals surface area contributed by atoms with Crippen molar-refractivity contribution in [3.8, 4) is 0 Å². The van der Waals surface area contributed by atoms with Gasteiger partial charge in [-0.1, -0.05) is 23.7 Å². The lowest BCUT2D eigenvalue weighted by atomic mass is 9.93. The number of nitrogens with zero attached hydrogens (tertiary/aromatic N) is 3. The van der Waals surface area contributed by atoms with Gasteiger partial charge in [-0.25, -0.2) is 4.98 Å². The summed E-state index contributed by atoms with van der Waals surface area (Å²) in [6.45, 7) is 2.02. The zero-order chi connectivity index (χ0) is 12.5. The number of rotatable bonds is 1. The molecule has 3 rings (SSSR count). The first kappa shape index (κ1) is 11.3. The van der Waals surface area contributed by atoms with Crippen molar-refractivity contribution >= 4 is 16.7 Å². The predicted octanol–water partition coefficient (Wildman–Crippen LogP) is 3.29. The fraction of sp³-hybridized carbons (Fsp3) is 0.429. The molecule has 0 aliphatic heterocycles. The van der Waals surface area contributed by atoms with Crippen LogP contribution in [0.4, 0.5) is 0 Å². The molecule has 0 spiro atoms. The second-order valence-electron chi connectivity index (χ2n) is 4.87. The minimum Gasteiger partial charge on any atom is -0.411 e. The molecule has 0 amide bonds. The van der Waals surface area contributed by atoms with E-state index in [9.17, 15) is 5.21 Å². The second-order valence-corrected chi connectivity index (χ2v) is 4.87. The maximum atomic E-state index is 9.18. The molecule has 4 nitrogen and oxygen atoms in total. The quantitative estimate of drug-likeness (QED) is 0.617. The molecule has 0 saturated heterocycles. The lowest BCUT2D eigenvalue weighted by molar-refractivity contribution is 0.308. The van der Waals surface area contributed by atoms with Crippen molar-refractivity contribution < 1.29 is 5.21 Å². The van der Waals surface area contributed by atoms with Crippen LogP contribution in [0.15, 0.2) is 29.4 Å². The van der Waals surface area contributed by atoms with Gasteiger partial charge in [-0.15, -0.1) is 0 Å². The summed E-state index contributed by atoms with van der Waals surface area (Å²) in [4.78, 5) is 4.58. The molecule has 1 aromatic carbocycles. The third kappa shape index (κ3) is 1.68. The van der Waals surface area contributed by atoms with Gasteiger partial charge in [0.1, 0.15) is 5.82 Å². The van der Waals surface area contributed by atoms with Gasteiger partial charge < -0.3 is 9.77 Å². The molecule has 1 atom stereocenters. The molecule has 1 aliphatic carbocycles. The van der Waals surface area contributed by atoms with Gasteiger partial charge in [-0.2, -0.15) is 0 Å². The number of oxime groups is 1. The third-order valence-corrected chi connectivity index (χ3v) is 3.76. The summed E-state index contributed by atoms with van der Waals surface area (Å²) >= 11 is 0. The van der Waals surface area contributed by atoms with Crippen molar-refractivity contribution in [2.45, 2.75) is 38.6 Å². The van der Waals surface area contributed by atoms with E-state index in [-0.39, 0.29) is 6.04 Å². The van der Waals surface area contributed by atoms with Crippen LogP contribution in [0.25, 0.3) is 11.0 Å². The highest BCUT2D eigenvalue weighted by Gasteiger charge is 2.25. The molecule has 1 saturated carbocycles. The molecule has 18 heavy (non-hydrogen) atoms. The number of para-hydroxylation sites is 2. The number of benzene rings is 1. The molecule has 0 radical (unpaired) electrons. The van der Waals surface area contributed by atoms with E-state index in [1.807, 2.05) is 25.1 Å². The summed E-state index contributed by atoms with van der Waals surface area (Å²) in [6, 6.07) is 8.30. The zero-order valence-corrected chi connectivity index (χ0v) is 10.5. The summed E-state index contributed by atoms with van der Waals surface area (Å²) in [5.74, 6) is 0.990. The Kier molecular flexibility index (Phi) is 2.78. The topological polar surface area (TPSA) is 50.4 Å². The monoisotopic (exact) mass is 243 g/mol. The number of hydrogen-bond acceptors (Lipinski definition) is 3. The minimum absolute atomic E-state index is 0.163. The summed E-state index contributed by atoms with van der Waals surface area (Å²) < 4.78 is 2.21. The van der Waals surface area contributed by atoms with Crippen LogP contribution in [-0.2, 0) is 0 Å². The van der Waals surface area contributed by atoms with E-state index in [2.05, 4.69) is 20.8 Å². The maximum Gasteiger partial charge on any atom is 0.107 e. The number of fused-ring (bicyclic) bond motifs is 1. The van der Waals surface area contributed by atoms with Crippen molar-refractivity contribution in [3.63, 3.8) is 0 Å². The molecule has 1 aliphatic rings. The van der Waals surface area contributed by atoms with E-state index in [0.717, 1.165) is 41.8 Å². The van der Waals surface area contributed by atoms with E-state index in [1.54, 1.807) is 0 Å². The van der Waals surface area contributed by atoms with Crippen molar-refractivity contribution in [3.05, 3.63) is 30.1 Å². The van der Waals surface area contributed by atoms with Crippen LogP contribution in [-0.4, -0.2) is 20.5 Å². The van der Waals surface area contributed by atoms with E-state index >= 15 is 0 Å². The van der Waals surface area contributed by atoms with E-state index in [0.29, 0.717) is 0 Å². The Morgan fingerprint density at radius 3 is 3.00 bits per heavy atom. The molecule has 1 aromatic heterocycles. The fourth-order valence-electron chi connectivity index (χ4n) is 2.93. The Morgan fingerprint density at radius 1 is 1.33 bits per heavy atom. The number of aromatic nitrogens is 2. The number of aryl methyl sites for hydroxylation is 1. The molecule has 1 N–H and O–H groups in total. The number of imidazole rings is 1. The van der Waals surface area contributed by atoms with Gasteiger partial charge in [0.15, 0.2) is 0 Å². The Morgan fingerprint density at radius 2 is 2.17 bits per heavy atom. The largest absolute Gasteiger partial charge is 0.411 e. The van der Waals surface area contributed by atoms with E-state index < -0.39 is 0 Å². The van der Waals surface area contributed by atoms with Crippen LogP contribution in [0.2, 0.25) is 0 Å². The third-order valence-electron chi connectivity index (χ3n) is 3.76. The van der Waals surface area contributed by atoms with Gasteiger partial charge in [0.05, 0.1) is 22.8 Å². The Labute approximate surface area is 106 Å². The SMILES string of the molecule is Cc1nc2ccccc2n1[C@@H]1CCCC/C1=N/O. The van der Waals surface area contributed by atoms with Crippen molar-refractivity contribution in [2.75, 3.05) is 0 Å². The van der Waals surface area contributed by atoms with Crippen molar-refractivity contribution in [1.82, 2.24) is 9.55 Å². The summed E-state index contributed by atoms with van der Waals surface area (Å²) in [6.07, 6.45) is 4.20. The molecule has 1 heterocycles. The summed E-state index contributed by atoms with van der Waals surface area (Å²) in [5, 5.41) is 12.7. The Balaban J connectivity index is 2.15. The summed E-state index contributed by atoms with van der Waals surface area (Å²) in [5.41, 5.74) is 3.02. The highest BCUT2D eigenvalue weighted by molar-refractivity contribution is 5.90. The van der Waals surface area contributed by atoms with Crippen LogP contribution in [0.1, 0.15) is 37.5 Å². The standard InChI is InChI=1S/C14H17N3O/c1-10-15-11-6-2-4-8-13(11)17(10)14-9-5-3-7-12(14)16-18/h2,4,6,8,14,18H,3,5,7,9H2,1H3/b16-12-/t14-/m1/s1. The van der Waals surface area contributed by atoms with Gasteiger partial charge in [0, 0.05) is 0 Å². The van der Waals surface area contributed by atoms with Gasteiger partial charge in [-0.3, -0.25) is 0 Å². The molecule has 2 aromatic rings. The molecular formula is C14H17N3O. The van der Waals surface area contributed by atoms with Crippen LogP contribution in [0, 0.1) is 6.92 Å². The van der Waals surface area contributed by atoms with Crippen LogP contribution < -0.4 is 0 Å². The second kappa shape index (κ2) is 4.44. The Bertz CT molecular complexity index is 600. The lowest BCUT2D eigenvalue weighted by Crippen LogP contribution is -2.24. The first-order valence-electron chi connectivity index (χ1n) is 6.45. The average Bonchev–Trinajstić information content (AvgIpc) is 2.74. The van der Waals surface area contributed by atoms with E-state index in [4.69, 9.17) is 0 Å². The van der Waals surface area contributed by atoms with Crippen LogP contribution >= 0.6 is 0 Å². The minimum atomic E-state index is 0.163. The van der Waals surface area contributed by atoms with Crippen LogP contribution in [0.3, 0.4) is 0 Å². The van der Waals surface area contributed by atoms with Crippen molar-refractivity contribution in [2.24, 2.45) is 5.16 Å². The zero-order valence-electron chi connectivity index (χ0n) is 10.5. The fourth-order valence-corrected chi connectivity index (χ4v) is 2.93.